The second-order valence-corrected chi connectivity index (χ2v) is 8.94. The van der Waals surface area contributed by atoms with Crippen molar-refractivity contribution in [3.63, 3.8) is 0 Å². The van der Waals surface area contributed by atoms with Crippen LogP contribution in [0.3, 0.4) is 0 Å². The van der Waals surface area contributed by atoms with Crippen LogP contribution in [0.25, 0.3) is 0 Å². The molecule has 2 fully saturated rings. The zero-order chi connectivity index (χ0) is 17.3. The molecule has 0 radical (unpaired) electrons. The fraction of sp³-hybridized carbons (Fsp3) is 0.760. The summed E-state index contributed by atoms with van der Waals surface area (Å²) in [5.74, 6) is 2.81. The fourth-order valence-electron chi connectivity index (χ4n) is 5.43. The highest BCUT2D eigenvalue weighted by atomic mass is 14.3. The van der Waals surface area contributed by atoms with Crippen LogP contribution in [0.15, 0.2) is 24.3 Å². The summed E-state index contributed by atoms with van der Waals surface area (Å²) in [5, 5.41) is 0. The van der Waals surface area contributed by atoms with E-state index in [1.54, 1.807) is 11.1 Å². The predicted octanol–water partition coefficient (Wildman–Crippen LogP) is 8.05. The topological polar surface area (TPSA) is 0 Å². The molecule has 0 heteroatoms. The summed E-state index contributed by atoms with van der Waals surface area (Å²) < 4.78 is 0. The van der Waals surface area contributed by atoms with E-state index in [2.05, 4.69) is 31.2 Å². The Bertz CT molecular complexity index is 459. The highest BCUT2D eigenvalue weighted by Gasteiger charge is 2.28. The third kappa shape index (κ3) is 5.87. The lowest BCUT2D eigenvalue weighted by Crippen LogP contribution is -2.20. The summed E-state index contributed by atoms with van der Waals surface area (Å²) in [6.07, 6.45) is 21.6. The largest absolute Gasteiger partial charge is 0.0654 e. The standard InChI is InChI=1S/C25H40/c1-2-3-6-11-21-16-18-24(19-17-21)25(23-14-9-5-10-15-23)20-22-12-7-4-8-13-22/h16-19,22-23,25H,2-15,20H2,1H3. The normalized spacial score (nSPS) is 21.3. The number of benzene rings is 1. The lowest BCUT2D eigenvalue weighted by molar-refractivity contribution is 0.240. The molecule has 1 aromatic carbocycles. The minimum atomic E-state index is 0.841. The Morgan fingerprint density at radius 3 is 2.08 bits per heavy atom. The maximum Gasteiger partial charge on any atom is -0.0131 e. The van der Waals surface area contributed by atoms with Gasteiger partial charge in [0.1, 0.15) is 0 Å². The molecule has 0 saturated heterocycles. The summed E-state index contributed by atoms with van der Waals surface area (Å²) in [6, 6.07) is 9.90. The van der Waals surface area contributed by atoms with Gasteiger partial charge in [-0.05, 0) is 61.0 Å². The molecule has 0 nitrogen and oxygen atoms in total. The molecule has 0 aromatic heterocycles. The Morgan fingerprint density at radius 1 is 0.800 bits per heavy atom. The Kier molecular flexibility index (Phi) is 7.89. The first kappa shape index (κ1) is 19.0. The molecule has 3 rings (SSSR count). The second-order valence-electron chi connectivity index (χ2n) is 8.94. The molecular formula is C25H40. The molecule has 140 valence electrons. The lowest BCUT2D eigenvalue weighted by Gasteiger charge is -2.34. The van der Waals surface area contributed by atoms with Crippen LogP contribution in [-0.2, 0) is 6.42 Å². The van der Waals surface area contributed by atoms with Crippen molar-refractivity contribution in [2.24, 2.45) is 11.8 Å². The number of hydrogen-bond donors (Lipinski definition) is 0. The first-order valence-electron chi connectivity index (χ1n) is 11.5. The monoisotopic (exact) mass is 340 g/mol. The second kappa shape index (κ2) is 10.4. The molecule has 1 unspecified atom stereocenters. The average Bonchev–Trinajstić information content (AvgIpc) is 2.68. The van der Waals surface area contributed by atoms with Crippen molar-refractivity contribution in [3.8, 4) is 0 Å². The van der Waals surface area contributed by atoms with Crippen LogP contribution in [0.4, 0.5) is 0 Å². The van der Waals surface area contributed by atoms with E-state index in [-0.39, 0.29) is 0 Å². The maximum atomic E-state index is 2.50. The summed E-state index contributed by atoms with van der Waals surface area (Å²) >= 11 is 0. The molecule has 0 aliphatic heterocycles. The van der Waals surface area contributed by atoms with E-state index in [0.29, 0.717) is 0 Å². The SMILES string of the molecule is CCCCCc1ccc(C(CC2CCCCC2)C2CCCCC2)cc1. The van der Waals surface area contributed by atoms with Gasteiger partial charge >= 0.3 is 0 Å². The van der Waals surface area contributed by atoms with Gasteiger partial charge in [-0.2, -0.15) is 0 Å². The van der Waals surface area contributed by atoms with Gasteiger partial charge in [-0.25, -0.2) is 0 Å². The Balaban J connectivity index is 1.66. The number of unbranched alkanes of at least 4 members (excludes halogenated alkanes) is 2. The van der Waals surface area contributed by atoms with Crippen molar-refractivity contribution in [1.82, 2.24) is 0 Å². The Morgan fingerprint density at radius 2 is 1.44 bits per heavy atom. The van der Waals surface area contributed by atoms with Gasteiger partial charge in [-0.3, -0.25) is 0 Å². The molecule has 2 aliphatic carbocycles. The molecule has 0 heterocycles. The highest BCUT2D eigenvalue weighted by molar-refractivity contribution is 5.26. The minimum Gasteiger partial charge on any atom is -0.0654 e. The lowest BCUT2D eigenvalue weighted by atomic mass is 9.71. The minimum absolute atomic E-state index is 0.841. The van der Waals surface area contributed by atoms with E-state index < -0.39 is 0 Å². The molecule has 0 bridgehead atoms. The zero-order valence-electron chi connectivity index (χ0n) is 16.6. The van der Waals surface area contributed by atoms with Crippen molar-refractivity contribution in [2.45, 2.75) is 109 Å². The number of aryl methyl sites for hydroxylation is 1. The van der Waals surface area contributed by atoms with E-state index in [4.69, 9.17) is 0 Å². The third-order valence-corrected chi connectivity index (χ3v) is 7.01. The first-order valence-corrected chi connectivity index (χ1v) is 11.5. The predicted molar refractivity (Wildman–Crippen MR) is 110 cm³/mol. The zero-order valence-corrected chi connectivity index (χ0v) is 16.6. The van der Waals surface area contributed by atoms with E-state index in [0.717, 1.165) is 17.8 Å². The van der Waals surface area contributed by atoms with E-state index in [1.165, 1.54) is 96.3 Å². The number of rotatable bonds is 8. The van der Waals surface area contributed by atoms with Crippen molar-refractivity contribution in [2.75, 3.05) is 0 Å². The molecule has 0 amide bonds. The van der Waals surface area contributed by atoms with Crippen LogP contribution in [0.2, 0.25) is 0 Å². The fourth-order valence-corrected chi connectivity index (χ4v) is 5.43. The molecule has 1 atom stereocenters. The van der Waals surface area contributed by atoms with Crippen LogP contribution < -0.4 is 0 Å². The molecular weight excluding hydrogens is 300 g/mol. The summed E-state index contributed by atoms with van der Waals surface area (Å²) in [7, 11) is 0. The smallest absolute Gasteiger partial charge is 0.0131 e. The van der Waals surface area contributed by atoms with Gasteiger partial charge in [0.05, 0.1) is 0 Å². The van der Waals surface area contributed by atoms with Gasteiger partial charge < -0.3 is 0 Å². The summed E-state index contributed by atoms with van der Waals surface area (Å²) in [6.45, 7) is 2.29. The van der Waals surface area contributed by atoms with Crippen LogP contribution in [0, 0.1) is 11.8 Å². The van der Waals surface area contributed by atoms with Gasteiger partial charge in [-0.15, -0.1) is 0 Å². The highest BCUT2D eigenvalue weighted by Crippen LogP contribution is 2.42. The van der Waals surface area contributed by atoms with E-state index in [1.807, 2.05) is 0 Å². The van der Waals surface area contributed by atoms with E-state index in [9.17, 15) is 0 Å². The number of hydrogen-bond acceptors (Lipinski definition) is 0. The molecule has 25 heavy (non-hydrogen) atoms. The third-order valence-electron chi connectivity index (χ3n) is 7.01. The molecule has 0 spiro atoms. The maximum absolute atomic E-state index is 2.50. The van der Waals surface area contributed by atoms with Crippen molar-refractivity contribution < 1.29 is 0 Å². The molecule has 2 aliphatic rings. The Hall–Kier alpha value is -0.780. The van der Waals surface area contributed by atoms with Crippen molar-refractivity contribution in [1.29, 1.82) is 0 Å². The van der Waals surface area contributed by atoms with Crippen LogP contribution >= 0.6 is 0 Å². The average molecular weight is 341 g/mol. The molecule has 0 N–H and O–H groups in total. The van der Waals surface area contributed by atoms with Crippen molar-refractivity contribution in [3.05, 3.63) is 35.4 Å². The summed E-state index contributed by atoms with van der Waals surface area (Å²) in [5.41, 5.74) is 3.22. The van der Waals surface area contributed by atoms with Gasteiger partial charge in [0, 0.05) is 0 Å². The van der Waals surface area contributed by atoms with Crippen molar-refractivity contribution >= 4 is 0 Å². The molecule has 1 aromatic rings. The van der Waals surface area contributed by atoms with E-state index >= 15 is 0 Å². The van der Waals surface area contributed by atoms with Gasteiger partial charge in [0.25, 0.3) is 0 Å². The Labute approximate surface area is 156 Å². The van der Waals surface area contributed by atoms with Gasteiger partial charge in [-0.1, -0.05) is 95.4 Å². The first-order chi connectivity index (χ1) is 12.4. The molecule has 2 saturated carbocycles. The van der Waals surface area contributed by atoms with Gasteiger partial charge in [0.15, 0.2) is 0 Å². The quantitative estimate of drug-likeness (QED) is 0.420. The van der Waals surface area contributed by atoms with Crippen LogP contribution in [-0.4, -0.2) is 0 Å². The van der Waals surface area contributed by atoms with Crippen LogP contribution in [0.5, 0.6) is 0 Å². The van der Waals surface area contributed by atoms with Crippen LogP contribution in [0.1, 0.15) is 114 Å². The van der Waals surface area contributed by atoms with Gasteiger partial charge in [0.2, 0.25) is 0 Å². The summed E-state index contributed by atoms with van der Waals surface area (Å²) in [4.78, 5) is 0.